The summed E-state index contributed by atoms with van der Waals surface area (Å²) in [4.78, 5) is 14.6. The van der Waals surface area contributed by atoms with Crippen LogP contribution in [0, 0.1) is 5.82 Å². The number of amides is 1. The summed E-state index contributed by atoms with van der Waals surface area (Å²) in [6.45, 7) is 4.64. The zero-order valence-electron chi connectivity index (χ0n) is 20.2. The van der Waals surface area contributed by atoms with Gasteiger partial charge in [-0.3, -0.25) is 9.89 Å². The molecule has 2 N–H and O–H groups in total. The molecule has 2 aromatic heterocycles. The van der Waals surface area contributed by atoms with Crippen LogP contribution in [-0.4, -0.2) is 79.6 Å². The highest BCUT2D eigenvalue weighted by Gasteiger charge is 2.41. The van der Waals surface area contributed by atoms with Crippen molar-refractivity contribution in [2.75, 3.05) is 26.9 Å². The Balaban J connectivity index is 1.34. The van der Waals surface area contributed by atoms with Gasteiger partial charge in [0.05, 0.1) is 35.7 Å². The lowest BCUT2D eigenvalue weighted by atomic mass is 9.87. The standard InChI is InChI=1S/C25H27FN6O4/c1-25(2,34)22-8-9-31(22)24(33)15-4-6-16(7-5-15)32-14-20(28-30-32)23-17-12-18(26)21(36-11-10-35-3)13-19(17)27-29-23/h4-7,12-14,22,34H,8-11H2,1-3H3,(H,27,29)/t22-/m1/s1. The molecule has 36 heavy (non-hydrogen) atoms. The largest absolute Gasteiger partial charge is 0.488 e. The van der Waals surface area contributed by atoms with Crippen LogP contribution in [0.4, 0.5) is 4.39 Å². The van der Waals surface area contributed by atoms with Gasteiger partial charge in [0.25, 0.3) is 5.91 Å². The number of hydrogen-bond donors (Lipinski definition) is 2. The molecule has 2 aromatic carbocycles. The molecule has 188 valence electrons. The fourth-order valence-electron chi connectivity index (χ4n) is 4.35. The summed E-state index contributed by atoms with van der Waals surface area (Å²) in [6, 6.07) is 9.72. The second kappa shape index (κ2) is 9.32. The molecular weight excluding hydrogens is 467 g/mol. The van der Waals surface area contributed by atoms with Gasteiger partial charge in [-0.2, -0.15) is 5.10 Å². The molecule has 1 saturated heterocycles. The second-order valence-electron chi connectivity index (χ2n) is 9.29. The van der Waals surface area contributed by atoms with Crippen molar-refractivity contribution in [3.8, 4) is 22.8 Å². The van der Waals surface area contributed by atoms with Crippen molar-refractivity contribution >= 4 is 16.8 Å². The van der Waals surface area contributed by atoms with Crippen LogP contribution in [0.2, 0.25) is 0 Å². The summed E-state index contributed by atoms with van der Waals surface area (Å²) in [5, 5.41) is 26.4. The zero-order chi connectivity index (χ0) is 25.4. The Morgan fingerprint density at radius 3 is 2.69 bits per heavy atom. The number of aliphatic hydroxyl groups is 1. The minimum atomic E-state index is -0.942. The fourth-order valence-corrected chi connectivity index (χ4v) is 4.35. The zero-order valence-corrected chi connectivity index (χ0v) is 20.2. The molecule has 1 amide bonds. The number of halogens is 1. The van der Waals surface area contributed by atoms with Crippen LogP contribution in [0.1, 0.15) is 30.6 Å². The lowest BCUT2D eigenvalue weighted by Crippen LogP contribution is -2.60. The van der Waals surface area contributed by atoms with Crippen molar-refractivity contribution in [3.05, 3.63) is 54.0 Å². The highest BCUT2D eigenvalue weighted by molar-refractivity contribution is 5.95. The molecule has 3 heterocycles. The van der Waals surface area contributed by atoms with Gasteiger partial charge in [-0.15, -0.1) is 5.10 Å². The van der Waals surface area contributed by atoms with Crippen LogP contribution in [-0.2, 0) is 4.74 Å². The molecule has 0 unspecified atom stereocenters. The molecule has 10 nitrogen and oxygen atoms in total. The molecule has 1 fully saturated rings. The highest BCUT2D eigenvalue weighted by Crippen LogP contribution is 2.31. The minimum Gasteiger partial charge on any atom is -0.488 e. The molecular formula is C25H27FN6O4. The monoisotopic (exact) mass is 494 g/mol. The Morgan fingerprint density at radius 1 is 1.25 bits per heavy atom. The minimum absolute atomic E-state index is 0.111. The first-order valence-electron chi connectivity index (χ1n) is 11.6. The molecule has 1 atom stereocenters. The Bertz CT molecular complexity index is 1390. The van der Waals surface area contributed by atoms with E-state index in [4.69, 9.17) is 9.47 Å². The number of hydrogen-bond acceptors (Lipinski definition) is 7. The van der Waals surface area contributed by atoms with Gasteiger partial charge in [0.1, 0.15) is 18.0 Å². The number of nitrogens with one attached hydrogen (secondary N) is 1. The lowest BCUT2D eigenvalue weighted by Gasteiger charge is -2.47. The Labute approximate surface area is 206 Å². The maximum absolute atomic E-state index is 14.6. The number of fused-ring (bicyclic) bond motifs is 1. The molecule has 1 aliphatic heterocycles. The number of rotatable bonds is 8. The number of nitrogens with zero attached hydrogens (tertiary/aromatic N) is 5. The Kier molecular flexibility index (Phi) is 6.19. The number of aromatic amines is 1. The SMILES string of the molecule is COCCOc1cc2[nH]nc(-c3cn(-c4ccc(C(=O)N5CC[C@@H]5C(C)(C)O)cc4)nn3)c2cc1F. The predicted molar refractivity (Wildman–Crippen MR) is 130 cm³/mol. The van der Waals surface area contributed by atoms with Crippen LogP contribution >= 0.6 is 0 Å². The molecule has 0 spiro atoms. The third-order valence-corrected chi connectivity index (χ3v) is 6.37. The van der Waals surface area contributed by atoms with Gasteiger partial charge in [-0.1, -0.05) is 5.21 Å². The second-order valence-corrected chi connectivity index (χ2v) is 9.29. The molecule has 0 bridgehead atoms. The van der Waals surface area contributed by atoms with Crippen LogP contribution in [0.5, 0.6) is 5.75 Å². The predicted octanol–water partition coefficient (Wildman–Crippen LogP) is 2.96. The first kappa shape index (κ1) is 23.9. The fraction of sp³-hybridized carbons (Fsp3) is 0.360. The summed E-state index contributed by atoms with van der Waals surface area (Å²) in [7, 11) is 1.55. The summed E-state index contributed by atoms with van der Waals surface area (Å²) in [5.41, 5.74) is 1.82. The van der Waals surface area contributed by atoms with E-state index < -0.39 is 11.4 Å². The number of H-pyrrole nitrogens is 1. The molecule has 0 aliphatic carbocycles. The average molecular weight is 495 g/mol. The summed E-state index contributed by atoms with van der Waals surface area (Å²) in [6.07, 6.45) is 2.47. The van der Waals surface area contributed by atoms with Crippen LogP contribution in [0.3, 0.4) is 0 Å². The smallest absolute Gasteiger partial charge is 0.254 e. The Morgan fingerprint density at radius 2 is 2.03 bits per heavy atom. The van der Waals surface area contributed by atoms with E-state index in [2.05, 4.69) is 20.5 Å². The van der Waals surface area contributed by atoms with Crippen molar-refractivity contribution in [3.63, 3.8) is 0 Å². The van der Waals surface area contributed by atoms with E-state index in [1.807, 2.05) is 0 Å². The third-order valence-electron chi connectivity index (χ3n) is 6.37. The number of carbonyl (C=O) groups is 1. The van der Waals surface area contributed by atoms with Gasteiger partial charge in [0.15, 0.2) is 11.6 Å². The topological polar surface area (TPSA) is 118 Å². The van der Waals surface area contributed by atoms with Crippen molar-refractivity contribution in [2.45, 2.75) is 31.9 Å². The summed E-state index contributed by atoms with van der Waals surface area (Å²) >= 11 is 0. The maximum atomic E-state index is 14.6. The van der Waals surface area contributed by atoms with Crippen molar-refractivity contribution in [1.29, 1.82) is 0 Å². The van der Waals surface area contributed by atoms with Gasteiger partial charge in [0, 0.05) is 30.7 Å². The van der Waals surface area contributed by atoms with Gasteiger partial charge in [0.2, 0.25) is 0 Å². The van der Waals surface area contributed by atoms with Crippen LogP contribution in [0.25, 0.3) is 28.0 Å². The normalized spacial score (nSPS) is 15.8. The van der Waals surface area contributed by atoms with E-state index in [0.29, 0.717) is 46.7 Å². The van der Waals surface area contributed by atoms with Gasteiger partial charge in [-0.05, 0) is 50.6 Å². The van der Waals surface area contributed by atoms with E-state index in [-0.39, 0.29) is 24.3 Å². The molecule has 1 aliphatic rings. The lowest BCUT2D eigenvalue weighted by molar-refractivity contribution is -0.0550. The number of methoxy groups -OCH3 is 1. The van der Waals surface area contributed by atoms with E-state index in [0.717, 1.165) is 6.42 Å². The number of benzene rings is 2. The molecule has 0 radical (unpaired) electrons. The Hall–Kier alpha value is -3.83. The molecule has 4 aromatic rings. The quantitative estimate of drug-likeness (QED) is 0.362. The van der Waals surface area contributed by atoms with Crippen molar-refractivity contribution in [1.82, 2.24) is 30.1 Å². The van der Waals surface area contributed by atoms with Crippen LogP contribution < -0.4 is 4.74 Å². The van der Waals surface area contributed by atoms with Crippen molar-refractivity contribution in [2.24, 2.45) is 0 Å². The molecule has 5 rings (SSSR count). The van der Waals surface area contributed by atoms with Gasteiger partial charge >= 0.3 is 0 Å². The average Bonchev–Trinajstić information content (AvgIpc) is 3.44. The highest BCUT2D eigenvalue weighted by atomic mass is 19.1. The number of carbonyl (C=O) groups excluding carboxylic acids is 1. The van der Waals surface area contributed by atoms with E-state index in [1.54, 1.807) is 67.1 Å². The van der Waals surface area contributed by atoms with E-state index in [9.17, 15) is 14.3 Å². The van der Waals surface area contributed by atoms with Gasteiger partial charge < -0.3 is 19.5 Å². The van der Waals surface area contributed by atoms with Gasteiger partial charge in [-0.25, -0.2) is 9.07 Å². The van der Waals surface area contributed by atoms with Crippen molar-refractivity contribution < 1.29 is 23.8 Å². The first-order valence-corrected chi connectivity index (χ1v) is 11.6. The van der Waals surface area contributed by atoms with Crippen LogP contribution in [0.15, 0.2) is 42.6 Å². The van der Waals surface area contributed by atoms with E-state index >= 15 is 0 Å². The summed E-state index contributed by atoms with van der Waals surface area (Å²) < 4.78 is 26.5. The number of aromatic nitrogens is 5. The third kappa shape index (κ3) is 4.42. The number of ether oxygens (including phenoxy) is 2. The first-order chi connectivity index (χ1) is 17.3. The molecule has 11 heteroatoms. The van der Waals surface area contributed by atoms with E-state index in [1.165, 1.54) is 6.07 Å². The number of likely N-dealkylation sites (tertiary alicyclic amines) is 1. The summed E-state index contributed by atoms with van der Waals surface area (Å²) in [5.74, 6) is -0.516. The molecule has 0 saturated carbocycles. The maximum Gasteiger partial charge on any atom is 0.254 e.